The Hall–Kier alpha value is 0. The third kappa shape index (κ3) is 0.461. The van der Waals surface area contributed by atoms with Gasteiger partial charge in [0.05, 0.1) is 0 Å². The van der Waals surface area contributed by atoms with Gasteiger partial charge < -0.3 is 0 Å². The zero-order valence-corrected chi connectivity index (χ0v) is 40.0. The van der Waals surface area contributed by atoms with Gasteiger partial charge in [-0.15, -0.1) is 0 Å². The van der Waals surface area contributed by atoms with Gasteiger partial charge in [-0.1, -0.05) is 27.7 Å². The Bertz CT molecular complexity index is 5250. The van der Waals surface area contributed by atoms with Crippen LogP contribution in [-0.4, -0.2) is 0 Å². The first-order chi connectivity index (χ1) is 34.9. The van der Waals surface area contributed by atoms with Gasteiger partial charge in [-0.25, -0.2) is 0 Å². The zero-order chi connectivity index (χ0) is 40.0. The molecule has 51 aliphatic carbocycles. The lowest BCUT2D eigenvalue weighted by atomic mass is 8.31. The van der Waals surface area contributed by atoms with E-state index in [0.29, 0.717) is 0 Å². The lowest BCUT2D eigenvalue weighted by molar-refractivity contribution is -1.27. The molecule has 0 aromatic heterocycles. The van der Waals surface area contributed by atoms with Crippen molar-refractivity contribution in [1.29, 1.82) is 0 Å². The fraction of sp³-hybridized carbons (Fsp3) is 1.00. The molecule has 51 rings (SSSR count). The molecular weight excluding hydrogens is 853 g/mol. The van der Waals surface area contributed by atoms with E-state index in [1.807, 2.05) is 25.7 Å². The van der Waals surface area contributed by atoms with Crippen molar-refractivity contribution in [1.82, 2.24) is 0 Å². The molecule has 51 fully saturated rings. The van der Waals surface area contributed by atoms with Crippen LogP contribution in [0.25, 0.3) is 0 Å². The van der Waals surface area contributed by atoms with Crippen molar-refractivity contribution >= 4 is 0 Å². The van der Waals surface area contributed by atoms with Crippen molar-refractivity contribution in [3.8, 4) is 0 Å². The van der Waals surface area contributed by atoms with Crippen molar-refractivity contribution in [2.24, 2.45) is 352 Å². The van der Waals surface area contributed by atoms with Crippen LogP contribution in [0.1, 0.15) is 53.4 Å². The van der Waals surface area contributed by atoms with Crippen LogP contribution in [0.3, 0.4) is 0 Å². The van der Waals surface area contributed by atoms with E-state index in [1.54, 1.807) is 0 Å². The van der Waals surface area contributed by atoms with Gasteiger partial charge in [0.1, 0.15) is 0 Å². The lowest BCUT2D eigenvalue weighted by Gasteiger charge is -3.70. The molecule has 0 aliphatic heterocycles. The maximum atomic E-state index is 3.56. The van der Waals surface area contributed by atoms with Gasteiger partial charge in [0.2, 0.25) is 0 Å². The van der Waals surface area contributed by atoms with E-state index >= 15 is 0 Å². The molecule has 51 aliphatic rings. The van der Waals surface area contributed by atoms with Crippen LogP contribution in [0.15, 0.2) is 0 Å². The number of fused-ring (bicyclic) bond motifs is 17. The van der Waals surface area contributed by atoms with E-state index in [9.17, 15) is 0 Å². The number of rotatable bonds is 0. The van der Waals surface area contributed by atoms with Crippen molar-refractivity contribution < 1.29 is 0 Å². The van der Waals surface area contributed by atoms with Crippen molar-refractivity contribution in [3.05, 3.63) is 0 Å². The minimum Gasteiger partial charge on any atom is -0.0582 e. The van der Waals surface area contributed by atoms with Gasteiger partial charge in [-0.05, 0) is 378 Å². The Labute approximate surface area is 403 Å². The maximum Gasteiger partial charge on any atom is -0.0000601 e. The quantitative estimate of drug-likeness (QED) is 0.268. The van der Waals surface area contributed by atoms with Crippen molar-refractivity contribution in [2.45, 2.75) is 53.4 Å². The molecule has 0 heteroatoms. The Balaban J connectivity index is 0.748. The van der Waals surface area contributed by atoms with Gasteiger partial charge in [0, 0.05) is 0 Å². The van der Waals surface area contributed by atoms with Crippen LogP contribution in [-0.2, 0) is 0 Å². The van der Waals surface area contributed by atoms with E-state index < -0.39 is 0 Å². The largest absolute Gasteiger partial charge is 0.0582 e. The molecule has 0 radical (unpaired) electrons. The zero-order valence-electron chi connectivity index (χ0n) is 40.0. The topological polar surface area (TPSA) is 0 Å². The molecule has 54 unspecified atom stereocenters. The highest BCUT2D eigenvalue weighted by Crippen LogP contribution is 3.80. The molecule has 71 heavy (non-hydrogen) atoms. The van der Waals surface area contributed by atoms with Crippen LogP contribution < -0.4 is 0 Å². The van der Waals surface area contributed by atoms with Crippen LogP contribution >= 0.6 is 0 Å². The van der Waals surface area contributed by atoms with Gasteiger partial charge >= 0.3 is 0 Å². The summed E-state index contributed by atoms with van der Waals surface area (Å²) in [5.41, 5.74) is 42.8. The van der Waals surface area contributed by atoms with Crippen LogP contribution in [0, 0.1) is 352 Å². The lowest BCUT2D eigenvalue weighted by Crippen LogP contribution is -3.70. The molecule has 0 aromatic rings. The molecule has 0 heterocycles. The van der Waals surface area contributed by atoms with Gasteiger partial charge in [0.15, 0.2) is 0 Å². The van der Waals surface area contributed by atoms with E-state index in [2.05, 4.69) is 27.7 Å². The van der Waals surface area contributed by atoms with E-state index in [1.165, 1.54) is 130 Å². The molecule has 0 bridgehead atoms. The number of hydrogen-bond acceptors (Lipinski definition) is 0. The summed E-state index contributed by atoms with van der Waals surface area (Å²) < 4.78 is 0. The fourth-order valence-electron chi connectivity index (χ4n) is 82.8. The van der Waals surface area contributed by atoms with E-state index in [4.69, 9.17) is 0 Å². The predicted octanol–water partition coefficient (Wildman–Crippen LogP) is 6.32. The van der Waals surface area contributed by atoms with E-state index in [0.717, 1.165) is 222 Å². The molecule has 0 saturated heterocycles. The summed E-state index contributed by atoms with van der Waals surface area (Å²) in [6.45, 7) is 13.9. The smallest absolute Gasteiger partial charge is 0.0000601 e. The normalized spacial score (nSPS) is 146. The molecule has 37 spiro atoms. The average molecular weight is 895 g/mol. The second-order valence-electron chi connectivity index (χ2n) is 46.7. The first-order valence-corrected chi connectivity index (χ1v) is 34.9. The predicted molar refractivity (Wildman–Crippen MR) is 218 cm³/mol. The minimum absolute atomic E-state index is 0.823. The molecule has 326 valence electrons. The average Bonchev–Trinajstić information content (AvgIpc) is 1.41. The second-order valence-corrected chi connectivity index (χ2v) is 46.7. The standard InChI is InChI=1S/C71H42/c1-31-9-5-15-23-30-38-16-8-14-20-19-11-7-13-21-24-26-28-29-27-25-22-12-6-10-18-17(9)40(31)41(18)35(10,12)44(22)48(25)50(27)52(29)51(28)49(26)47(24)43(21)36(11,13)42(19)45(20)37(14,16)33(3)32(2)34(4)54(38)58(38)53(30)46(23)39(15,31)59(40)61(41,44)65(48)64(46,59)69(53)66(50,65)68(52)67(51)63(49)57(34,70(54,67)71(58,68)69)56(32)55(33,45)60(42,43)62(47,56)63/h9-30H,5-8H2,1-4H3/t9?,10?,11-,12-,13+,14+,15?,16?,17?,18?,19?,20?,21-,22?,23?,24?,25?,26-,27?,28?,29?,30?,31-,32?,33-,34+,35?,36?,37?,38?,39?,40?,41?,42?,43?,44?,45?,46?,47?,48?,49?,50?,51?,52?,53?,54?,55?,56?,57?,58?,59?,60?,61?,62?,63?,64?,65?,66?,67?,68?,69?,70?,71?/m0/s1. The monoisotopic (exact) mass is 894 g/mol. The SMILES string of the molecule is CC12C34C56C78C9[C@H]%10C%11C%12C%13C%14C%15[C@@H]%16CC%17C%18C%19C%20CC%21C%22C%23C%24(C%25C[C@@H]%26C%27C%28[C@@H]%29C[C@@H]%30[C@@H]9C79C%30%29C%287C%27%28C%25%26[C@@]1(C)C%283C795)C13C%235C%227C9%22C%23%25C%14(C%15%14C%17%16C%18%15C%14%23C9%14C%19%15[C@]%20(C)C%217%14)C%137C%129C%11%12C%108C68C%126C9%10C7%25C5%22C%101C61C%243[C@]2(C)C814. The van der Waals surface area contributed by atoms with Gasteiger partial charge in [-0.3, -0.25) is 0 Å². The Morgan fingerprint density at radius 2 is 0.620 bits per heavy atom. The first kappa shape index (κ1) is 23.8. The summed E-state index contributed by atoms with van der Waals surface area (Å²) in [6.07, 6.45) is 7.59. The van der Waals surface area contributed by atoms with Crippen molar-refractivity contribution in [2.75, 3.05) is 0 Å². The third-order valence-corrected chi connectivity index (χ3v) is 63.9. The third-order valence-electron chi connectivity index (χ3n) is 63.9. The molecule has 0 N–H and O–H groups in total. The summed E-state index contributed by atoms with van der Waals surface area (Å²) in [5.74, 6) is 30.3. The van der Waals surface area contributed by atoms with Gasteiger partial charge in [0.25, 0.3) is 0 Å². The van der Waals surface area contributed by atoms with Gasteiger partial charge in [-0.2, -0.15) is 0 Å². The molecular formula is C71H42. The Morgan fingerprint density at radius 3 is 1.30 bits per heavy atom. The van der Waals surface area contributed by atoms with Crippen molar-refractivity contribution in [3.63, 3.8) is 0 Å². The minimum atomic E-state index is 0.823. The molecule has 0 aromatic carbocycles. The highest BCUT2D eigenvalue weighted by molar-refractivity contribution is 6.23. The molecule has 0 amide bonds. The highest BCUT2D eigenvalue weighted by atomic mass is 15.8. The molecule has 63 atom stereocenters. The highest BCUT2D eigenvalue weighted by Gasteiger charge is 3.79. The Kier molecular flexibility index (Phi) is 1.12. The Morgan fingerprint density at radius 1 is 0.211 bits per heavy atom. The van der Waals surface area contributed by atoms with E-state index in [-0.39, 0.29) is 0 Å². The first-order valence-electron chi connectivity index (χ1n) is 34.9. The van der Waals surface area contributed by atoms with Crippen LogP contribution in [0.4, 0.5) is 0 Å². The van der Waals surface area contributed by atoms with Crippen LogP contribution in [0.5, 0.6) is 0 Å². The number of hydrogen-bond donors (Lipinski definition) is 0. The summed E-state index contributed by atoms with van der Waals surface area (Å²) in [6, 6.07) is 0. The summed E-state index contributed by atoms with van der Waals surface area (Å²) in [5, 5.41) is 0. The van der Waals surface area contributed by atoms with Crippen LogP contribution in [0.2, 0.25) is 0 Å². The summed E-state index contributed by atoms with van der Waals surface area (Å²) >= 11 is 0. The summed E-state index contributed by atoms with van der Waals surface area (Å²) in [7, 11) is 0. The summed E-state index contributed by atoms with van der Waals surface area (Å²) in [4.78, 5) is 0. The maximum absolute atomic E-state index is 3.56. The molecule has 51 saturated carbocycles. The molecule has 0 nitrogen and oxygen atoms in total. The fourth-order valence-corrected chi connectivity index (χ4v) is 82.8. The second kappa shape index (κ2) is 3.34.